The zero-order valence-electron chi connectivity index (χ0n) is 9.64. The molecule has 0 N–H and O–H groups in total. The minimum absolute atomic E-state index is 0.241. The molecule has 0 unspecified atom stereocenters. The van der Waals surface area contributed by atoms with Gasteiger partial charge in [0.1, 0.15) is 0 Å². The van der Waals surface area contributed by atoms with Crippen molar-refractivity contribution in [3.05, 3.63) is 23.9 Å². The van der Waals surface area contributed by atoms with E-state index < -0.39 is 0 Å². The molecule has 1 aromatic rings. The van der Waals surface area contributed by atoms with Gasteiger partial charge in [-0.1, -0.05) is 6.07 Å². The molecule has 1 aromatic heterocycles. The number of thioether (sulfide) groups is 1. The van der Waals surface area contributed by atoms with E-state index in [0.717, 1.165) is 18.0 Å². The molecular weight excluding hydrogens is 220 g/mol. The van der Waals surface area contributed by atoms with Crippen LogP contribution in [-0.4, -0.2) is 35.6 Å². The lowest BCUT2D eigenvalue weighted by Crippen LogP contribution is -2.34. The molecule has 1 atom stereocenters. The van der Waals surface area contributed by atoms with Crippen molar-refractivity contribution in [2.24, 2.45) is 0 Å². The molecular formula is C12H16N2OS. The maximum atomic E-state index is 11.6. The number of pyridine rings is 1. The van der Waals surface area contributed by atoms with Gasteiger partial charge in [-0.3, -0.25) is 4.79 Å². The SMILES string of the molecule is CSc1ccc([C@H]2CCN(C)C(=O)C2)cn1. The standard InChI is InChI=1S/C12H16N2OS/c1-14-6-5-9(7-12(14)15)10-3-4-11(16-2)13-8-10/h3-4,8-9H,5-7H2,1-2H3/t9-/m0/s1. The highest BCUT2D eigenvalue weighted by Gasteiger charge is 2.24. The average molecular weight is 236 g/mol. The molecule has 0 spiro atoms. The van der Waals surface area contributed by atoms with Crippen LogP contribution in [0.3, 0.4) is 0 Å². The second-order valence-electron chi connectivity index (χ2n) is 4.14. The van der Waals surface area contributed by atoms with Crippen LogP contribution in [0, 0.1) is 0 Å². The molecule has 1 fully saturated rings. The number of carbonyl (C=O) groups is 1. The van der Waals surface area contributed by atoms with Crippen LogP contribution < -0.4 is 0 Å². The average Bonchev–Trinajstić information content (AvgIpc) is 2.33. The van der Waals surface area contributed by atoms with Crippen LogP contribution in [0.1, 0.15) is 24.3 Å². The summed E-state index contributed by atoms with van der Waals surface area (Å²) in [5, 5.41) is 1.03. The molecule has 0 radical (unpaired) electrons. The lowest BCUT2D eigenvalue weighted by molar-refractivity contribution is -0.132. The van der Waals surface area contributed by atoms with Crippen molar-refractivity contribution in [2.45, 2.75) is 23.8 Å². The smallest absolute Gasteiger partial charge is 0.222 e. The van der Waals surface area contributed by atoms with Gasteiger partial charge >= 0.3 is 0 Å². The number of hydrogen-bond donors (Lipinski definition) is 0. The number of amides is 1. The van der Waals surface area contributed by atoms with E-state index in [1.54, 1.807) is 16.7 Å². The first-order valence-electron chi connectivity index (χ1n) is 5.44. The van der Waals surface area contributed by atoms with Gasteiger partial charge in [0, 0.05) is 26.2 Å². The molecule has 86 valence electrons. The number of carbonyl (C=O) groups excluding carboxylic acids is 1. The summed E-state index contributed by atoms with van der Waals surface area (Å²) in [6, 6.07) is 4.13. The number of nitrogens with zero attached hydrogens (tertiary/aromatic N) is 2. The van der Waals surface area contributed by atoms with Crippen molar-refractivity contribution < 1.29 is 4.79 Å². The van der Waals surface area contributed by atoms with Crippen molar-refractivity contribution in [1.82, 2.24) is 9.88 Å². The van der Waals surface area contributed by atoms with Crippen LogP contribution in [0.2, 0.25) is 0 Å². The van der Waals surface area contributed by atoms with E-state index in [9.17, 15) is 4.79 Å². The molecule has 0 bridgehead atoms. The monoisotopic (exact) mass is 236 g/mol. The van der Waals surface area contributed by atoms with E-state index in [1.165, 1.54) is 5.56 Å². The van der Waals surface area contributed by atoms with Crippen LogP contribution in [0.15, 0.2) is 23.4 Å². The number of rotatable bonds is 2. The van der Waals surface area contributed by atoms with E-state index in [4.69, 9.17) is 0 Å². The zero-order chi connectivity index (χ0) is 11.5. The fraction of sp³-hybridized carbons (Fsp3) is 0.500. The lowest BCUT2D eigenvalue weighted by Gasteiger charge is -2.28. The molecule has 16 heavy (non-hydrogen) atoms. The lowest BCUT2D eigenvalue weighted by atomic mass is 9.90. The second-order valence-corrected chi connectivity index (χ2v) is 4.97. The number of piperidine rings is 1. The number of aromatic nitrogens is 1. The predicted molar refractivity (Wildman–Crippen MR) is 65.6 cm³/mol. The Morgan fingerprint density at radius 3 is 2.88 bits per heavy atom. The Morgan fingerprint density at radius 2 is 2.31 bits per heavy atom. The van der Waals surface area contributed by atoms with Crippen LogP contribution in [0.25, 0.3) is 0 Å². The fourth-order valence-electron chi connectivity index (χ4n) is 1.98. The maximum Gasteiger partial charge on any atom is 0.222 e. The van der Waals surface area contributed by atoms with E-state index in [2.05, 4.69) is 11.1 Å². The third-order valence-corrected chi connectivity index (χ3v) is 3.76. The fourth-order valence-corrected chi connectivity index (χ4v) is 2.34. The van der Waals surface area contributed by atoms with Crippen molar-refractivity contribution in [1.29, 1.82) is 0 Å². The highest BCUT2D eigenvalue weighted by molar-refractivity contribution is 7.98. The maximum absolute atomic E-state index is 11.6. The minimum atomic E-state index is 0.241. The largest absolute Gasteiger partial charge is 0.346 e. The first-order valence-corrected chi connectivity index (χ1v) is 6.67. The van der Waals surface area contributed by atoms with Crippen LogP contribution in [0.4, 0.5) is 0 Å². The summed E-state index contributed by atoms with van der Waals surface area (Å²) in [4.78, 5) is 17.8. The topological polar surface area (TPSA) is 33.2 Å². The van der Waals surface area contributed by atoms with E-state index in [1.807, 2.05) is 25.6 Å². The van der Waals surface area contributed by atoms with Crippen molar-refractivity contribution in [2.75, 3.05) is 19.8 Å². The summed E-state index contributed by atoms with van der Waals surface area (Å²) in [7, 11) is 1.87. The van der Waals surface area contributed by atoms with Gasteiger partial charge in [-0.2, -0.15) is 0 Å². The molecule has 1 saturated heterocycles. The Morgan fingerprint density at radius 1 is 1.50 bits per heavy atom. The summed E-state index contributed by atoms with van der Waals surface area (Å²) in [6.45, 7) is 0.855. The Bertz CT molecular complexity index is 377. The molecule has 1 aliphatic heterocycles. The molecule has 1 aliphatic rings. The highest BCUT2D eigenvalue weighted by Crippen LogP contribution is 2.28. The molecule has 2 rings (SSSR count). The Labute approximate surface area is 100 Å². The third-order valence-electron chi connectivity index (χ3n) is 3.10. The molecule has 0 saturated carbocycles. The summed E-state index contributed by atoms with van der Waals surface area (Å²) in [5.41, 5.74) is 1.19. The Kier molecular flexibility index (Phi) is 3.49. The molecule has 0 aliphatic carbocycles. The first-order chi connectivity index (χ1) is 7.70. The van der Waals surface area contributed by atoms with Gasteiger partial charge in [0.25, 0.3) is 0 Å². The first kappa shape index (κ1) is 11.5. The molecule has 1 amide bonds. The summed E-state index contributed by atoms with van der Waals surface area (Å²) in [5.74, 6) is 0.595. The van der Waals surface area contributed by atoms with Gasteiger partial charge in [0.05, 0.1) is 5.03 Å². The van der Waals surface area contributed by atoms with Crippen molar-refractivity contribution in [3.63, 3.8) is 0 Å². The second kappa shape index (κ2) is 4.87. The Balaban J connectivity index is 2.09. The molecule has 2 heterocycles. The Hall–Kier alpha value is -1.03. The van der Waals surface area contributed by atoms with Gasteiger partial charge in [0.15, 0.2) is 0 Å². The van der Waals surface area contributed by atoms with E-state index >= 15 is 0 Å². The summed E-state index contributed by atoms with van der Waals surface area (Å²) < 4.78 is 0. The quantitative estimate of drug-likeness (QED) is 0.738. The number of hydrogen-bond acceptors (Lipinski definition) is 3. The van der Waals surface area contributed by atoms with Gasteiger partial charge in [-0.15, -0.1) is 11.8 Å². The molecule has 4 heteroatoms. The third kappa shape index (κ3) is 2.38. The molecule has 3 nitrogen and oxygen atoms in total. The van der Waals surface area contributed by atoms with Crippen molar-refractivity contribution >= 4 is 17.7 Å². The van der Waals surface area contributed by atoms with Gasteiger partial charge in [-0.25, -0.2) is 4.98 Å². The summed E-state index contributed by atoms with van der Waals surface area (Å²) in [6.07, 6.45) is 5.59. The number of likely N-dealkylation sites (tertiary alicyclic amines) is 1. The normalized spacial score (nSPS) is 21.2. The van der Waals surface area contributed by atoms with Gasteiger partial charge in [-0.05, 0) is 30.2 Å². The van der Waals surface area contributed by atoms with Gasteiger partial charge < -0.3 is 4.90 Å². The summed E-state index contributed by atoms with van der Waals surface area (Å²) >= 11 is 1.64. The zero-order valence-corrected chi connectivity index (χ0v) is 10.5. The van der Waals surface area contributed by atoms with Crippen molar-refractivity contribution in [3.8, 4) is 0 Å². The van der Waals surface area contributed by atoms with E-state index in [-0.39, 0.29) is 5.91 Å². The highest BCUT2D eigenvalue weighted by atomic mass is 32.2. The van der Waals surface area contributed by atoms with Gasteiger partial charge in [0.2, 0.25) is 5.91 Å². The minimum Gasteiger partial charge on any atom is -0.346 e. The van der Waals surface area contributed by atoms with Crippen LogP contribution in [0.5, 0.6) is 0 Å². The predicted octanol–water partition coefficient (Wildman–Crippen LogP) is 2.14. The van der Waals surface area contributed by atoms with Crippen LogP contribution >= 0.6 is 11.8 Å². The van der Waals surface area contributed by atoms with Crippen LogP contribution in [-0.2, 0) is 4.79 Å². The molecule has 0 aromatic carbocycles. The van der Waals surface area contributed by atoms with E-state index in [0.29, 0.717) is 12.3 Å².